The second-order valence-corrected chi connectivity index (χ2v) is 5.36. The summed E-state index contributed by atoms with van der Waals surface area (Å²) in [6.07, 6.45) is -0.417. The summed E-state index contributed by atoms with van der Waals surface area (Å²) >= 11 is 0. The van der Waals surface area contributed by atoms with Crippen molar-refractivity contribution in [2.75, 3.05) is 27.0 Å². The van der Waals surface area contributed by atoms with Gasteiger partial charge in [0.05, 0.1) is 37.0 Å². The zero-order valence-corrected chi connectivity index (χ0v) is 11.9. The van der Waals surface area contributed by atoms with Crippen LogP contribution in [0.25, 0.3) is 0 Å². The number of hydrogen-bond donors (Lipinski definition) is 1. The average molecular weight is 294 g/mol. The SMILES string of the molecule is COC(c1ccc(C2=NOC3COCC23)cc1)C(N)CF. The van der Waals surface area contributed by atoms with E-state index in [4.69, 9.17) is 20.0 Å². The van der Waals surface area contributed by atoms with Crippen LogP contribution in [0.5, 0.6) is 0 Å². The van der Waals surface area contributed by atoms with E-state index in [1.807, 2.05) is 24.3 Å². The second-order valence-electron chi connectivity index (χ2n) is 5.36. The maximum atomic E-state index is 12.7. The summed E-state index contributed by atoms with van der Waals surface area (Å²) in [6.45, 7) is 0.605. The van der Waals surface area contributed by atoms with E-state index in [1.54, 1.807) is 0 Å². The van der Waals surface area contributed by atoms with E-state index >= 15 is 0 Å². The molecule has 1 aromatic rings. The highest BCUT2D eigenvalue weighted by Crippen LogP contribution is 2.29. The first-order valence-electron chi connectivity index (χ1n) is 7.00. The molecular weight excluding hydrogens is 275 g/mol. The van der Waals surface area contributed by atoms with E-state index in [0.29, 0.717) is 13.2 Å². The summed E-state index contributed by atoms with van der Waals surface area (Å²) < 4.78 is 23.4. The van der Waals surface area contributed by atoms with Crippen LogP contribution in [0.4, 0.5) is 4.39 Å². The van der Waals surface area contributed by atoms with Crippen LogP contribution in [-0.2, 0) is 14.3 Å². The topological polar surface area (TPSA) is 66.1 Å². The fourth-order valence-electron chi connectivity index (χ4n) is 2.84. The Morgan fingerprint density at radius 2 is 2.14 bits per heavy atom. The summed E-state index contributed by atoms with van der Waals surface area (Å²) in [5.41, 5.74) is 8.48. The molecule has 0 radical (unpaired) electrons. The van der Waals surface area contributed by atoms with Gasteiger partial charge in [-0.2, -0.15) is 0 Å². The van der Waals surface area contributed by atoms with Gasteiger partial charge in [0, 0.05) is 7.11 Å². The summed E-state index contributed by atoms with van der Waals surface area (Å²) in [5.74, 6) is 0.196. The Morgan fingerprint density at radius 1 is 1.38 bits per heavy atom. The standard InChI is InChI=1S/C15H19FN2O3/c1-19-15(12(17)6-16)10-4-2-9(3-5-10)14-11-7-20-8-13(11)21-18-14/h2-5,11-13,15H,6-8,17H2,1H3. The van der Waals surface area contributed by atoms with Gasteiger partial charge in [0.2, 0.25) is 0 Å². The highest BCUT2D eigenvalue weighted by atomic mass is 19.1. The number of hydrogen-bond acceptors (Lipinski definition) is 5. The molecule has 1 fully saturated rings. The molecule has 114 valence electrons. The van der Waals surface area contributed by atoms with E-state index < -0.39 is 18.8 Å². The summed E-state index contributed by atoms with van der Waals surface area (Å²) in [4.78, 5) is 5.37. The van der Waals surface area contributed by atoms with Gasteiger partial charge in [-0.3, -0.25) is 0 Å². The molecule has 1 aromatic carbocycles. The van der Waals surface area contributed by atoms with Crippen LogP contribution in [0, 0.1) is 5.92 Å². The number of nitrogens with two attached hydrogens (primary N) is 1. The quantitative estimate of drug-likeness (QED) is 0.892. The third-order valence-electron chi connectivity index (χ3n) is 4.02. The molecule has 21 heavy (non-hydrogen) atoms. The Hall–Kier alpha value is -1.50. The van der Waals surface area contributed by atoms with Crippen molar-refractivity contribution in [3.8, 4) is 0 Å². The van der Waals surface area contributed by atoms with Crippen LogP contribution in [0.15, 0.2) is 29.4 Å². The minimum atomic E-state index is -0.666. The number of nitrogens with zero attached hydrogens (tertiary/aromatic N) is 1. The minimum Gasteiger partial charge on any atom is -0.389 e. The molecule has 4 unspecified atom stereocenters. The molecule has 2 heterocycles. The molecule has 4 atom stereocenters. The van der Waals surface area contributed by atoms with Crippen LogP contribution in [-0.4, -0.2) is 44.9 Å². The Kier molecular flexibility index (Phi) is 4.19. The Bertz CT molecular complexity index is 520. The van der Waals surface area contributed by atoms with Crippen molar-refractivity contribution in [3.63, 3.8) is 0 Å². The first-order chi connectivity index (χ1) is 10.2. The Balaban J connectivity index is 1.78. The zero-order valence-electron chi connectivity index (χ0n) is 11.9. The van der Waals surface area contributed by atoms with Crippen molar-refractivity contribution >= 4 is 5.71 Å². The summed E-state index contributed by atoms with van der Waals surface area (Å²) in [6, 6.07) is 7.00. The lowest BCUT2D eigenvalue weighted by molar-refractivity contribution is 0.0558. The number of methoxy groups -OCH3 is 1. The normalized spacial score (nSPS) is 26.9. The van der Waals surface area contributed by atoms with Gasteiger partial charge in [-0.1, -0.05) is 29.4 Å². The van der Waals surface area contributed by atoms with Crippen LogP contribution in [0.2, 0.25) is 0 Å². The van der Waals surface area contributed by atoms with E-state index in [9.17, 15) is 4.39 Å². The van der Waals surface area contributed by atoms with Crippen molar-refractivity contribution in [2.45, 2.75) is 18.2 Å². The van der Waals surface area contributed by atoms with E-state index in [0.717, 1.165) is 16.8 Å². The number of fused-ring (bicyclic) bond motifs is 1. The fourth-order valence-corrected chi connectivity index (χ4v) is 2.84. The van der Waals surface area contributed by atoms with Crippen LogP contribution in [0.1, 0.15) is 17.2 Å². The van der Waals surface area contributed by atoms with E-state index in [2.05, 4.69) is 5.16 Å². The molecule has 0 aliphatic carbocycles. The number of halogens is 1. The van der Waals surface area contributed by atoms with Crippen molar-refractivity contribution in [1.82, 2.24) is 0 Å². The van der Waals surface area contributed by atoms with Gasteiger partial charge in [0.25, 0.3) is 0 Å². The molecule has 6 heteroatoms. The highest BCUT2D eigenvalue weighted by molar-refractivity contribution is 6.03. The van der Waals surface area contributed by atoms with Gasteiger partial charge in [0.15, 0.2) is 6.10 Å². The molecule has 2 aliphatic heterocycles. The molecular formula is C15H19FN2O3. The smallest absolute Gasteiger partial charge is 0.161 e. The van der Waals surface area contributed by atoms with Gasteiger partial charge in [0.1, 0.15) is 6.67 Å². The molecule has 0 aromatic heterocycles. The van der Waals surface area contributed by atoms with Crippen molar-refractivity contribution in [2.24, 2.45) is 16.8 Å². The van der Waals surface area contributed by atoms with Crippen molar-refractivity contribution < 1.29 is 18.7 Å². The zero-order chi connectivity index (χ0) is 14.8. The van der Waals surface area contributed by atoms with Crippen LogP contribution < -0.4 is 5.73 Å². The number of oxime groups is 1. The third-order valence-corrected chi connectivity index (χ3v) is 4.02. The van der Waals surface area contributed by atoms with E-state index in [1.165, 1.54) is 7.11 Å². The molecule has 0 saturated carbocycles. The fraction of sp³-hybridized carbons (Fsp3) is 0.533. The van der Waals surface area contributed by atoms with Gasteiger partial charge >= 0.3 is 0 Å². The Labute approximate surface area is 122 Å². The lowest BCUT2D eigenvalue weighted by Gasteiger charge is -2.20. The monoisotopic (exact) mass is 294 g/mol. The van der Waals surface area contributed by atoms with Gasteiger partial charge in [-0.15, -0.1) is 0 Å². The minimum absolute atomic E-state index is 0.0337. The number of rotatable bonds is 5. The first-order valence-corrected chi connectivity index (χ1v) is 7.00. The van der Waals surface area contributed by atoms with Crippen LogP contribution in [0.3, 0.4) is 0 Å². The summed E-state index contributed by atoms with van der Waals surface area (Å²) in [7, 11) is 1.53. The molecule has 0 bridgehead atoms. The van der Waals surface area contributed by atoms with Crippen LogP contribution >= 0.6 is 0 Å². The number of alkyl halides is 1. The molecule has 1 saturated heterocycles. The maximum absolute atomic E-state index is 12.7. The molecule has 0 amide bonds. The molecule has 2 aliphatic rings. The maximum Gasteiger partial charge on any atom is 0.161 e. The first kappa shape index (κ1) is 14.4. The Morgan fingerprint density at radius 3 is 2.81 bits per heavy atom. The second kappa shape index (κ2) is 6.09. The van der Waals surface area contributed by atoms with Gasteiger partial charge in [-0.05, 0) is 11.1 Å². The predicted octanol–water partition coefficient (Wildman–Crippen LogP) is 1.42. The van der Waals surface area contributed by atoms with Gasteiger partial charge in [-0.25, -0.2) is 4.39 Å². The number of benzene rings is 1. The van der Waals surface area contributed by atoms with Crippen molar-refractivity contribution in [1.29, 1.82) is 0 Å². The largest absolute Gasteiger partial charge is 0.389 e. The van der Waals surface area contributed by atoms with E-state index in [-0.39, 0.29) is 12.0 Å². The molecule has 3 rings (SSSR count). The predicted molar refractivity (Wildman–Crippen MR) is 75.9 cm³/mol. The summed E-state index contributed by atoms with van der Waals surface area (Å²) in [5, 5.41) is 4.16. The third kappa shape index (κ3) is 2.66. The average Bonchev–Trinajstić information content (AvgIpc) is 3.11. The molecule has 0 spiro atoms. The van der Waals surface area contributed by atoms with Crippen molar-refractivity contribution in [3.05, 3.63) is 35.4 Å². The lowest BCUT2D eigenvalue weighted by atomic mass is 9.93. The molecule has 5 nitrogen and oxygen atoms in total. The lowest BCUT2D eigenvalue weighted by Crippen LogP contribution is -2.31. The molecule has 2 N–H and O–H groups in total. The highest BCUT2D eigenvalue weighted by Gasteiger charge is 2.39. The number of ether oxygens (including phenoxy) is 2. The van der Waals surface area contributed by atoms with Gasteiger partial charge < -0.3 is 20.0 Å².